The number of nitrogens with one attached hydrogen (secondary N) is 1. The summed E-state index contributed by atoms with van der Waals surface area (Å²) in [4.78, 5) is 12.1. The van der Waals surface area contributed by atoms with Crippen LogP contribution < -0.4 is 14.4 Å². The minimum absolute atomic E-state index is 0.0564. The molecular weight excluding hydrogens is 376 g/mol. The number of benzene rings is 2. The number of para-hydroxylation sites is 2. The first-order valence-electron chi connectivity index (χ1n) is 7.63. The maximum atomic E-state index is 13.0. The van der Waals surface area contributed by atoms with Crippen molar-refractivity contribution < 1.29 is 17.9 Å². The van der Waals surface area contributed by atoms with E-state index in [0.29, 0.717) is 11.4 Å². The molecule has 1 N–H and O–H groups in total. The monoisotopic (exact) mass is 394 g/mol. The second-order valence-electron chi connectivity index (χ2n) is 5.28. The highest BCUT2D eigenvalue weighted by molar-refractivity contribution is 7.92. The van der Waals surface area contributed by atoms with E-state index in [4.69, 9.17) is 16.3 Å². The van der Waals surface area contributed by atoms with Crippen molar-refractivity contribution in [3.63, 3.8) is 0 Å². The highest BCUT2D eigenvalue weighted by atomic mass is 35.5. The van der Waals surface area contributed by atoms with Crippen LogP contribution in [-0.4, -0.2) is 35.0 Å². The van der Waals surface area contributed by atoms with Crippen LogP contribution in [0, 0.1) is 0 Å². The number of methoxy groups -OCH3 is 1. The largest absolute Gasteiger partial charge is 0.495 e. The van der Waals surface area contributed by atoms with Crippen molar-refractivity contribution in [2.75, 3.05) is 25.0 Å². The quantitative estimate of drug-likeness (QED) is 0.732. The Balaban J connectivity index is 2.46. The van der Waals surface area contributed by atoms with Gasteiger partial charge in [-0.1, -0.05) is 29.8 Å². The zero-order valence-corrected chi connectivity index (χ0v) is 16.0. The molecule has 0 aliphatic carbocycles. The first-order valence-corrected chi connectivity index (χ1v) is 9.45. The van der Waals surface area contributed by atoms with Gasteiger partial charge in [0.1, 0.15) is 5.75 Å². The summed E-state index contributed by atoms with van der Waals surface area (Å²) >= 11 is 6.05. The molecule has 8 heteroatoms. The first kappa shape index (κ1) is 19.8. The molecule has 0 aliphatic rings. The summed E-state index contributed by atoms with van der Waals surface area (Å²) in [6.07, 6.45) is 1.52. The van der Waals surface area contributed by atoms with Crippen LogP contribution in [0.2, 0.25) is 5.02 Å². The number of rotatable bonds is 7. The van der Waals surface area contributed by atoms with E-state index in [2.05, 4.69) is 11.9 Å². The van der Waals surface area contributed by atoms with Crippen molar-refractivity contribution >= 4 is 33.2 Å². The van der Waals surface area contributed by atoms with Gasteiger partial charge in [0, 0.05) is 13.6 Å². The Morgan fingerprint density at radius 2 is 2.00 bits per heavy atom. The van der Waals surface area contributed by atoms with Crippen LogP contribution in [0.3, 0.4) is 0 Å². The number of halogens is 1. The van der Waals surface area contributed by atoms with Crippen molar-refractivity contribution in [2.24, 2.45) is 0 Å². The SMILES string of the molecule is C=CCNC(=O)c1cc(S(=O)(=O)N(C)c2ccccc2OC)ccc1Cl. The van der Waals surface area contributed by atoms with Gasteiger partial charge in [-0.05, 0) is 30.3 Å². The Morgan fingerprint density at radius 3 is 2.65 bits per heavy atom. The van der Waals surface area contributed by atoms with Crippen molar-refractivity contribution in [3.8, 4) is 5.75 Å². The van der Waals surface area contributed by atoms with Crippen LogP contribution in [0.15, 0.2) is 60.0 Å². The number of carbonyl (C=O) groups is 1. The van der Waals surface area contributed by atoms with Gasteiger partial charge in [-0.3, -0.25) is 9.10 Å². The number of sulfonamides is 1. The molecule has 0 aromatic heterocycles. The average molecular weight is 395 g/mol. The van der Waals surface area contributed by atoms with E-state index < -0.39 is 15.9 Å². The van der Waals surface area contributed by atoms with Crippen molar-refractivity contribution in [2.45, 2.75) is 4.90 Å². The van der Waals surface area contributed by atoms with Crippen molar-refractivity contribution in [1.82, 2.24) is 5.32 Å². The fourth-order valence-corrected chi connectivity index (χ4v) is 3.71. The van der Waals surface area contributed by atoms with E-state index in [1.54, 1.807) is 24.3 Å². The number of hydrogen-bond donors (Lipinski definition) is 1. The average Bonchev–Trinajstić information content (AvgIpc) is 2.65. The predicted octanol–water partition coefficient (Wildman–Crippen LogP) is 3.09. The number of carbonyl (C=O) groups excluding carboxylic acids is 1. The number of amides is 1. The van der Waals surface area contributed by atoms with E-state index in [1.165, 1.54) is 38.4 Å². The van der Waals surface area contributed by atoms with Crippen LogP contribution in [0.5, 0.6) is 5.75 Å². The topological polar surface area (TPSA) is 75.7 Å². The lowest BCUT2D eigenvalue weighted by molar-refractivity contribution is 0.0958. The van der Waals surface area contributed by atoms with Gasteiger partial charge in [-0.15, -0.1) is 6.58 Å². The van der Waals surface area contributed by atoms with Crippen LogP contribution in [-0.2, 0) is 10.0 Å². The fraction of sp³-hybridized carbons (Fsp3) is 0.167. The van der Waals surface area contributed by atoms with E-state index in [-0.39, 0.29) is 22.0 Å². The standard InChI is InChI=1S/C18H19ClN2O4S/c1-4-11-20-18(22)14-12-13(9-10-15(14)19)26(23,24)21(2)16-7-5-6-8-17(16)25-3/h4-10,12H,1,11H2,2-3H3,(H,20,22). The zero-order valence-electron chi connectivity index (χ0n) is 14.4. The molecule has 2 aromatic rings. The molecule has 0 saturated carbocycles. The third kappa shape index (κ3) is 4.00. The summed E-state index contributed by atoms with van der Waals surface area (Å²) in [5.41, 5.74) is 0.450. The lowest BCUT2D eigenvalue weighted by atomic mass is 10.2. The van der Waals surface area contributed by atoms with Crippen LogP contribution >= 0.6 is 11.6 Å². The van der Waals surface area contributed by atoms with E-state index in [9.17, 15) is 13.2 Å². The predicted molar refractivity (Wildman–Crippen MR) is 103 cm³/mol. The third-order valence-corrected chi connectivity index (χ3v) is 5.77. The molecule has 1 amide bonds. The molecule has 0 unspecified atom stereocenters. The molecular formula is C18H19ClN2O4S. The molecule has 2 aromatic carbocycles. The summed E-state index contributed by atoms with van der Waals surface area (Å²) in [6.45, 7) is 3.76. The summed E-state index contributed by atoms with van der Waals surface area (Å²) < 4.78 is 32.3. The molecule has 0 aliphatic heterocycles. The van der Waals surface area contributed by atoms with Gasteiger partial charge in [0.2, 0.25) is 0 Å². The normalized spacial score (nSPS) is 10.9. The highest BCUT2D eigenvalue weighted by Gasteiger charge is 2.25. The molecule has 6 nitrogen and oxygen atoms in total. The number of anilines is 1. The molecule has 2 rings (SSSR count). The maximum absolute atomic E-state index is 13.0. The van der Waals surface area contributed by atoms with E-state index in [1.807, 2.05) is 0 Å². The summed E-state index contributed by atoms with van der Waals surface area (Å²) in [5.74, 6) is -0.0663. The number of hydrogen-bond acceptors (Lipinski definition) is 4. The van der Waals surface area contributed by atoms with Gasteiger partial charge in [-0.25, -0.2) is 8.42 Å². The lowest BCUT2D eigenvalue weighted by Gasteiger charge is -2.22. The Kier molecular flexibility index (Phi) is 6.28. The molecule has 138 valence electrons. The fourth-order valence-electron chi connectivity index (χ4n) is 2.28. The molecule has 0 heterocycles. The minimum Gasteiger partial charge on any atom is -0.495 e. The van der Waals surface area contributed by atoms with Gasteiger partial charge < -0.3 is 10.1 Å². The third-order valence-electron chi connectivity index (χ3n) is 3.67. The van der Waals surface area contributed by atoms with Crippen LogP contribution in [0.1, 0.15) is 10.4 Å². The van der Waals surface area contributed by atoms with E-state index in [0.717, 1.165) is 4.31 Å². The molecule has 0 bridgehead atoms. The summed E-state index contributed by atoms with van der Waals surface area (Å²) in [5, 5.41) is 2.74. The lowest BCUT2D eigenvalue weighted by Crippen LogP contribution is -2.28. The molecule has 26 heavy (non-hydrogen) atoms. The Bertz CT molecular complexity index is 929. The van der Waals surface area contributed by atoms with E-state index >= 15 is 0 Å². The Morgan fingerprint density at radius 1 is 1.31 bits per heavy atom. The van der Waals surface area contributed by atoms with Gasteiger partial charge in [0.25, 0.3) is 15.9 Å². The second kappa shape index (κ2) is 8.25. The Labute approximate surface area is 158 Å². The molecule has 0 fully saturated rings. The van der Waals surface area contributed by atoms with Crippen molar-refractivity contribution in [3.05, 3.63) is 65.7 Å². The van der Waals surface area contributed by atoms with Gasteiger partial charge in [0.05, 0.1) is 28.3 Å². The van der Waals surface area contributed by atoms with Crippen LogP contribution in [0.4, 0.5) is 5.69 Å². The number of nitrogens with zero attached hydrogens (tertiary/aromatic N) is 1. The van der Waals surface area contributed by atoms with Gasteiger partial charge in [0.15, 0.2) is 0 Å². The van der Waals surface area contributed by atoms with Gasteiger partial charge in [-0.2, -0.15) is 0 Å². The molecule has 0 radical (unpaired) electrons. The van der Waals surface area contributed by atoms with Crippen molar-refractivity contribution in [1.29, 1.82) is 0 Å². The molecule has 0 saturated heterocycles. The molecule has 0 atom stereocenters. The zero-order chi connectivity index (χ0) is 19.3. The number of ether oxygens (including phenoxy) is 1. The van der Waals surface area contributed by atoms with Crippen LogP contribution in [0.25, 0.3) is 0 Å². The maximum Gasteiger partial charge on any atom is 0.264 e. The Hall–Kier alpha value is -2.51. The molecule has 0 spiro atoms. The minimum atomic E-state index is -3.92. The smallest absolute Gasteiger partial charge is 0.264 e. The highest BCUT2D eigenvalue weighted by Crippen LogP contribution is 2.31. The summed E-state index contributed by atoms with van der Waals surface area (Å²) in [6, 6.07) is 10.7. The summed E-state index contributed by atoms with van der Waals surface area (Å²) in [7, 11) is -1.05. The van der Waals surface area contributed by atoms with Gasteiger partial charge >= 0.3 is 0 Å². The second-order valence-corrected chi connectivity index (χ2v) is 7.66. The first-order chi connectivity index (χ1) is 12.3.